The molecule has 1 aromatic rings. The van der Waals surface area contributed by atoms with E-state index in [0.29, 0.717) is 24.5 Å². The van der Waals surface area contributed by atoms with Gasteiger partial charge < -0.3 is 21.1 Å². The van der Waals surface area contributed by atoms with Gasteiger partial charge in [-0.25, -0.2) is 0 Å². The summed E-state index contributed by atoms with van der Waals surface area (Å²) in [5.74, 6) is -0.0715. The number of benzene rings is 1. The summed E-state index contributed by atoms with van der Waals surface area (Å²) in [5, 5.41) is 5.97. The molecule has 0 aromatic heterocycles. The smallest absolute Gasteiger partial charge is 0.251 e. The Kier molecular flexibility index (Phi) is 7.87. The number of amides is 2. The number of carbonyl (C=O) groups is 2. The van der Waals surface area contributed by atoms with E-state index in [9.17, 15) is 9.59 Å². The van der Waals surface area contributed by atoms with Crippen LogP contribution in [0, 0.1) is 5.92 Å². The number of hydrogen-bond donors (Lipinski definition) is 3. The summed E-state index contributed by atoms with van der Waals surface area (Å²) >= 11 is 0. The van der Waals surface area contributed by atoms with Crippen molar-refractivity contribution in [1.29, 1.82) is 0 Å². The molecule has 2 unspecified atom stereocenters. The molecule has 7 heteroatoms. The average molecular weight is 382 g/mol. The van der Waals surface area contributed by atoms with Gasteiger partial charge in [-0.15, -0.1) is 12.4 Å². The Morgan fingerprint density at radius 3 is 2.38 bits per heavy atom. The molecule has 4 N–H and O–H groups in total. The van der Waals surface area contributed by atoms with E-state index in [-0.39, 0.29) is 42.2 Å². The topological polar surface area (TPSA) is 93.5 Å². The lowest BCUT2D eigenvalue weighted by molar-refractivity contribution is -0.120. The second-order valence-electron chi connectivity index (χ2n) is 7.05. The monoisotopic (exact) mass is 381 g/mol. The third-order valence-corrected chi connectivity index (χ3v) is 5.06. The second-order valence-corrected chi connectivity index (χ2v) is 7.05. The summed E-state index contributed by atoms with van der Waals surface area (Å²) in [6, 6.07) is 7.35. The molecule has 1 aromatic carbocycles. The molecule has 2 atom stereocenters. The van der Waals surface area contributed by atoms with Crippen molar-refractivity contribution in [2.75, 3.05) is 18.5 Å². The molecule has 0 spiro atoms. The molecule has 0 bridgehead atoms. The van der Waals surface area contributed by atoms with Crippen LogP contribution in [-0.4, -0.2) is 37.1 Å². The summed E-state index contributed by atoms with van der Waals surface area (Å²) in [6.45, 7) is 1.39. The van der Waals surface area contributed by atoms with Gasteiger partial charge in [0.25, 0.3) is 5.91 Å². The molecule has 1 aliphatic heterocycles. The zero-order chi connectivity index (χ0) is 17.6. The van der Waals surface area contributed by atoms with Crippen molar-refractivity contribution in [3.63, 3.8) is 0 Å². The predicted molar refractivity (Wildman–Crippen MR) is 104 cm³/mol. The minimum absolute atomic E-state index is 0. The van der Waals surface area contributed by atoms with Gasteiger partial charge in [-0.05, 0) is 56.4 Å². The first kappa shape index (κ1) is 20.7. The second kappa shape index (κ2) is 9.90. The Hall–Kier alpha value is -1.63. The Labute approximate surface area is 160 Å². The van der Waals surface area contributed by atoms with Crippen LogP contribution in [0.25, 0.3) is 0 Å². The number of ether oxygens (including phenoxy) is 1. The largest absolute Gasteiger partial charge is 0.381 e. The van der Waals surface area contributed by atoms with Gasteiger partial charge in [-0.1, -0.05) is 6.42 Å². The molecule has 144 valence electrons. The lowest BCUT2D eigenvalue weighted by Gasteiger charge is -2.25. The van der Waals surface area contributed by atoms with Crippen LogP contribution in [0.3, 0.4) is 0 Å². The van der Waals surface area contributed by atoms with Crippen LogP contribution in [-0.2, 0) is 9.53 Å². The first-order valence-electron chi connectivity index (χ1n) is 9.17. The van der Waals surface area contributed by atoms with Gasteiger partial charge in [-0.2, -0.15) is 0 Å². The molecule has 1 saturated heterocycles. The fourth-order valence-electron chi connectivity index (χ4n) is 3.53. The van der Waals surface area contributed by atoms with Gasteiger partial charge in [0.15, 0.2) is 0 Å². The summed E-state index contributed by atoms with van der Waals surface area (Å²) in [5.41, 5.74) is 7.27. The number of anilines is 1. The van der Waals surface area contributed by atoms with Crippen molar-refractivity contribution in [2.45, 2.75) is 50.6 Å². The molecule has 2 aliphatic rings. The molecular formula is C19H28ClN3O3. The standard InChI is InChI=1S/C19H27N3O3.ClH/c20-15-3-1-2-14(12-15)19(24)21-16-6-4-13(5-7-16)18(23)22-17-8-10-25-11-9-17;/h4-7,14-15,17H,1-3,8-12,20H2,(H,21,24)(H,22,23);1H. The van der Waals surface area contributed by atoms with E-state index in [1.165, 1.54) is 0 Å². The first-order chi connectivity index (χ1) is 12.1. The van der Waals surface area contributed by atoms with Gasteiger partial charge in [0.1, 0.15) is 0 Å². The molecule has 1 heterocycles. The Morgan fingerprint density at radius 1 is 1.04 bits per heavy atom. The molecule has 2 fully saturated rings. The Balaban J connectivity index is 0.00000243. The van der Waals surface area contributed by atoms with Gasteiger partial charge >= 0.3 is 0 Å². The maximum absolute atomic E-state index is 12.3. The van der Waals surface area contributed by atoms with Gasteiger partial charge in [0.05, 0.1) is 0 Å². The van der Waals surface area contributed by atoms with Crippen LogP contribution in [0.5, 0.6) is 0 Å². The van der Waals surface area contributed by atoms with Crippen molar-refractivity contribution >= 4 is 29.9 Å². The molecule has 1 aliphatic carbocycles. The zero-order valence-corrected chi connectivity index (χ0v) is 15.7. The molecule has 2 amide bonds. The summed E-state index contributed by atoms with van der Waals surface area (Å²) in [6.07, 6.45) is 5.35. The Morgan fingerprint density at radius 2 is 1.73 bits per heavy atom. The third kappa shape index (κ3) is 5.69. The third-order valence-electron chi connectivity index (χ3n) is 5.06. The molecule has 3 rings (SSSR count). The normalized spacial score (nSPS) is 23.6. The lowest BCUT2D eigenvalue weighted by Crippen LogP contribution is -2.38. The average Bonchev–Trinajstić information content (AvgIpc) is 2.63. The highest BCUT2D eigenvalue weighted by molar-refractivity contribution is 5.96. The van der Waals surface area contributed by atoms with E-state index in [1.54, 1.807) is 24.3 Å². The Bertz CT molecular complexity index is 603. The SMILES string of the molecule is Cl.NC1CCCC(C(=O)Nc2ccc(C(=O)NC3CCOCC3)cc2)C1. The van der Waals surface area contributed by atoms with Crippen molar-refractivity contribution in [1.82, 2.24) is 5.32 Å². The van der Waals surface area contributed by atoms with Crippen molar-refractivity contribution in [3.8, 4) is 0 Å². The summed E-state index contributed by atoms with van der Waals surface area (Å²) < 4.78 is 5.30. The van der Waals surface area contributed by atoms with Crippen molar-refractivity contribution in [2.24, 2.45) is 11.7 Å². The fraction of sp³-hybridized carbons (Fsp3) is 0.579. The maximum Gasteiger partial charge on any atom is 0.251 e. The van der Waals surface area contributed by atoms with E-state index < -0.39 is 0 Å². The molecule has 26 heavy (non-hydrogen) atoms. The predicted octanol–water partition coefficient (Wildman–Crippen LogP) is 2.47. The number of nitrogens with two attached hydrogens (primary N) is 1. The minimum atomic E-state index is -0.0805. The van der Waals surface area contributed by atoms with Crippen LogP contribution in [0.4, 0.5) is 5.69 Å². The highest BCUT2D eigenvalue weighted by Gasteiger charge is 2.25. The minimum Gasteiger partial charge on any atom is -0.381 e. The lowest BCUT2D eigenvalue weighted by atomic mass is 9.85. The maximum atomic E-state index is 12.3. The molecular weight excluding hydrogens is 354 g/mol. The molecule has 1 saturated carbocycles. The number of halogens is 1. The van der Waals surface area contributed by atoms with Gasteiger partial charge in [0.2, 0.25) is 5.91 Å². The number of rotatable bonds is 4. The fourth-order valence-corrected chi connectivity index (χ4v) is 3.53. The van der Waals surface area contributed by atoms with E-state index in [4.69, 9.17) is 10.5 Å². The first-order valence-corrected chi connectivity index (χ1v) is 9.17. The van der Waals surface area contributed by atoms with E-state index >= 15 is 0 Å². The van der Waals surface area contributed by atoms with Gasteiger partial charge in [-0.3, -0.25) is 9.59 Å². The number of nitrogens with one attached hydrogen (secondary N) is 2. The highest BCUT2D eigenvalue weighted by atomic mass is 35.5. The van der Waals surface area contributed by atoms with Crippen molar-refractivity contribution < 1.29 is 14.3 Å². The van der Waals surface area contributed by atoms with E-state index in [0.717, 1.165) is 38.5 Å². The van der Waals surface area contributed by atoms with Crippen LogP contribution in [0.1, 0.15) is 48.9 Å². The van der Waals surface area contributed by atoms with Crippen LogP contribution in [0.2, 0.25) is 0 Å². The van der Waals surface area contributed by atoms with Crippen LogP contribution < -0.4 is 16.4 Å². The zero-order valence-electron chi connectivity index (χ0n) is 14.9. The van der Waals surface area contributed by atoms with Gasteiger partial charge in [0, 0.05) is 42.5 Å². The van der Waals surface area contributed by atoms with E-state index in [1.807, 2.05) is 0 Å². The van der Waals surface area contributed by atoms with Crippen LogP contribution in [0.15, 0.2) is 24.3 Å². The number of carbonyl (C=O) groups excluding carboxylic acids is 2. The van der Waals surface area contributed by atoms with E-state index in [2.05, 4.69) is 10.6 Å². The summed E-state index contributed by atoms with van der Waals surface area (Å²) in [4.78, 5) is 24.6. The summed E-state index contributed by atoms with van der Waals surface area (Å²) in [7, 11) is 0. The van der Waals surface area contributed by atoms with Crippen LogP contribution >= 0.6 is 12.4 Å². The van der Waals surface area contributed by atoms with Crippen molar-refractivity contribution in [3.05, 3.63) is 29.8 Å². The highest BCUT2D eigenvalue weighted by Crippen LogP contribution is 2.24. The molecule has 6 nitrogen and oxygen atoms in total. The molecule has 0 radical (unpaired) electrons. The number of hydrogen-bond acceptors (Lipinski definition) is 4. The quantitative estimate of drug-likeness (QED) is 0.746.